The molecule has 1 atom stereocenters. The van der Waals surface area contributed by atoms with Crippen LogP contribution in [0.1, 0.15) is 44.4 Å². The van der Waals surface area contributed by atoms with Crippen LogP contribution in [-0.4, -0.2) is 5.91 Å². The second-order valence-corrected chi connectivity index (χ2v) is 6.03. The van der Waals surface area contributed by atoms with E-state index in [1.54, 1.807) is 17.4 Å². The van der Waals surface area contributed by atoms with Crippen molar-refractivity contribution in [3.8, 4) is 0 Å². The molecule has 20 heavy (non-hydrogen) atoms. The van der Waals surface area contributed by atoms with Crippen molar-refractivity contribution in [2.75, 3.05) is 0 Å². The van der Waals surface area contributed by atoms with E-state index in [0.29, 0.717) is 17.9 Å². The summed E-state index contributed by atoms with van der Waals surface area (Å²) in [5, 5.41) is 2.97. The predicted octanol–water partition coefficient (Wildman–Crippen LogP) is 3.33. The number of furan rings is 1. The third kappa shape index (κ3) is 3.62. The molecular weight excluding hydrogens is 296 g/mol. The van der Waals surface area contributed by atoms with Crippen molar-refractivity contribution >= 4 is 29.7 Å². The fraction of sp³-hybridized carbons (Fsp3) is 0.357. The van der Waals surface area contributed by atoms with Crippen molar-refractivity contribution in [2.45, 2.75) is 33.4 Å². The monoisotopic (exact) mass is 314 g/mol. The van der Waals surface area contributed by atoms with Gasteiger partial charge in [0.15, 0.2) is 0 Å². The lowest BCUT2D eigenvalue weighted by atomic mass is 10.1. The topological polar surface area (TPSA) is 68.3 Å². The minimum absolute atomic E-state index is 0. The molecule has 2 aromatic rings. The molecule has 0 bridgehead atoms. The molecular formula is C14H19ClN2O2S. The standard InChI is InChI=1S/C14H18N2O2S.ClH/c1-8-4-13(10(3)19-8)9(2)16-14(17)11-5-12(6-15)18-7-11;/h4-5,7,9H,6,15H2,1-3H3,(H,16,17);1H. The number of nitrogens with two attached hydrogens (primary N) is 1. The van der Waals surface area contributed by atoms with Gasteiger partial charge in [-0.15, -0.1) is 23.7 Å². The number of amides is 1. The maximum absolute atomic E-state index is 12.1. The van der Waals surface area contributed by atoms with Crippen LogP contribution in [0.25, 0.3) is 0 Å². The summed E-state index contributed by atoms with van der Waals surface area (Å²) in [6.07, 6.45) is 1.44. The number of hydrogen-bond acceptors (Lipinski definition) is 4. The number of carbonyl (C=O) groups excluding carboxylic acids is 1. The van der Waals surface area contributed by atoms with Gasteiger partial charge >= 0.3 is 0 Å². The summed E-state index contributed by atoms with van der Waals surface area (Å²) >= 11 is 1.74. The number of carbonyl (C=O) groups is 1. The zero-order chi connectivity index (χ0) is 14.0. The van der Waals surface area contributed by atoms with Gasteiger partial charge in [0.2, 0.25) is 0 Å². The van der Waals surface area contributed by atoms with Crippen LogP contribution in [0.4, 0.5) is 0 Å². The van der Waals surface area contributed by atoms with Gasteiger partial charge in [0.1, 0.15) is 12.0 Å². The molecule has 0 aliphatic heterocycles. The van der Waals surface area contributed by atoms with Crippen LogP contribution in [0.2, 0.25) is 0 Å². The van der Waals surface area contributed by atoms with Crippen LogP contribution < -0.4 is 11.1 Å². The van der Waals surface area contributed by atoms with Crippen LogP contribution in [-0.2, 0) is 6.54 Å². The molecule has 0 saturated heterocycles. The largest absolute Gasteiger partial charge is 0.467 e. The second kappa shape index (κ2) is 6.92. The van der Waals surface area contributed by atoms with E-state index in [1.807, 2.05) is 6.92 Å². The van der Waals surface area contributed by atoms with E-state index in [4.69, 9.17) is 10.2 Å². The van der Waals surface area contributed by atoms with Gasteiger partial charge in [-0.3, -0.25) is 4.79 Å². The molecule has 0 saturated carbocycles. The van der Waals surface area contributed by atoms with Gasteiger partial charge in [-0.05, 0) is 38.5 Å². The van der Waals surface area contributed by atoms with E-state index in [-0.39, 0.29) is 24.4 Å². The Bertz CT molecular complexity index is 592. The summed E-state index contributed by atoms with van der Waals surface area (Å²) in [4.78, 5) is 14.6. The molecule has 0 radical (unpaired) electrons. The Balaban J connectivity index is 0.00000200. The fourth-order valence-corrected chi connectivity index (χ4v) is 3.07. The lowest BCUT2D eigenvalue weighted by molar-refractivity contribution is 0.0939. The maximum Gasteiger partial charge on any atom is 0.255 e. The first-order valence-corrected chi connectivity index (χ1v) is 6.98. The zero-order valence-corrected chi connectivity index (χ0v) is 13.4. The highest BCUT2D eigenvalue weighted by atomic mass is 35.5. The Morgan fingerprint density at radius 2 is 2.15 bits per heavy atom. The van der Waals surface area contributed by atoms with Crippen molar-refractivity contribution in [2.24, 2.45) is 5.73 Å². The Morgan fingerprint density at radius 3 is 2.65 bits per heavy atom. The number of hydrogen-bond donors (Lipinski definition) is 2. The normalized spacial score (nSPS) is 11.8. The first-order valence-electron chi connectivity index (χ1n) is 6.16. The molecule has 0 aliphatic rings. The third-order valence-corrected chi connectivity index (χ3v) is 3.99. The summed E-state index contributed by atoms with van der Waals surface area (Å²) in [6.45, 7) is 6.42. The first-order chi connectivity index (χ1) is 9.01. The average molecular weight is 315 g/mol. The molecule has 1 unspecified atom stereocenters. The minimum atomic E-state index is -0.140. The van der Waals surface area contributed by atoms with Crippen molar-refractivity contribution in [3.63, 3.8) is 0 Å². The summed E-state index contributed by atoms with van der Waals surface area (Å²) in [5.74, 6) is 0.472. The molecule has 0 aliphatic carbocycles. The van der Waals surface area contributed by atoms with Crippen molar-refractivity contribution in [1.82, 2.24) is 5.32 Å². The highest BCUT2D eigenvalue weighted by molar-refractivity contribution is 7.12. The second-order valence-electron chi connectivity index (χ2n) is 4.57. The summed E-state index contributed by atoms with van der Waals surface area (Å²) in [6, 6.07) is 3.77. The number of nitrogens with one attached hydrogen (secondary N) is 1. The molecule has 0 aromatic carbocycles. The van der Waals surface area contributed by atoms with Crippen LogP contribution in [0, 0.1) is 13.8 Å². The van der Waals surface area contributed by atoms with Crippen molar-refractivity contribution < 1.29 is 9.21 Å². The van der Waals surface area contributed by atoms with Crippen LogP contribution in [0.15, 0.2) is 22.8 Å². The molecule has 2 aromatic heterocycles. The minimum Gasteiger partial charge on any atom is -0.467 e. The average Bonchev–Trinajstić information content (AvgIpc) is 2.95. The van der Waals surface area contributed by atoms with E-state index in [2.05, 4.69) is 25.2 Å². The zero-order valence-electron chi connectivity index (χ0n) is 11.7. The highest BCUT2D eigenvalue weighted by Crippen LogP contribution is 2.26. The van der Waals surface area contributed by atoms with Gasteiger partial charge in [0.05, 0.1) is 18.2 Å². The molecule has 1 amide bonds. The highest BCUT2D eigenvalue weighted by Gasteiger charge is 2.16. The maximum atomic E-state index is 12.1. The van der Waals surface area contributed by atoms with Crippen LogP contribution >= 0.6 is 23.7 Å². The Kier molecular flexibility index (Phi) is 5.80. The van der Waals surface area contributed by atoms with Gasteiger partial charge in [0, 0.05) is 9.75 Å². The quantitative estimate of drug-likeness (QED) is 0.909. The number of halogens is 1. The summed E-state index contributed by atoms with van der Waals surface area (Å²) in [5.41, 5.74) is 7.13. The molecule has 6 heteroatoms. The van der Waals surface area contributed by atoms with E-state index < -0.39 is 0 Å². The molecule has 0 spiro atoms. The molecule has 110 valence electrons. The van der Waals surface area contributed by atoms with Crippen LogP contribution in [0.5, 0.6) is 0 Å². The van der Waals surface area contributed by atoms with Crippen LogP contribution in [0.3, 0.4) is 0 Å². The van der Waals surface area contributed by atoms with E-state index in [0.717, 1.165) is 0 Å². The third-order valence-electron chi connectivity index (χ3n) is 3.01. The number of rotatable bonds is 4. The molecule has 2 heterocycles. The van der Waals surface area contributed by atoms with E-state index >= 15 is 0 Å². The molecule has 4 nitrogen and oxygen atoms in total. The fourth-order valence-electron chi connectivity index (χ4n) is 2.04. The lowest BCUT2D eigenvalue weighted by Crippen LogP contribution is -2.26. The Morgan fingerprint density at radius 1 is 1.45 bits per heavy atom. The molecule has 3 N–H and O–H groups in total. The van der Waals surface area contributed by atoms with E-state index in [9.17, 15) is 4.79 Å². The van der Waals surface area contributed by atoms with Crippen molar-refractivity contribution in [3.05, 3.63) is 45.0 Å². The van der Waals surface area contributed by atoms with Gasteiger partial charge in [-0.1, -0.05) is 0 Å². The Labute approximate surface area is 128 Å². The molecule has 0 fully saturated rings. The summed E-state index contributed by atoms with van der Waals surface area (Å²) < 4.78 is 5.17. The van der Waals surface area contributed by atoms with E-state index in [1.165, 1.54) is 21.6 Å². The SMILES string of the molecule is Cc1cc(C(C)NC(=O)c2coc(CN)c2)c(C)s1.Cl. The lowest BCUT2D eigenvalue weighted by Gasteiger charge is -2.13. The Hall–Kier alpha value is -1.30. The summed E-state index contributed by atoms with van der Waals surface area (Å²) in [7, 11) is 0. The van der Waals surface area contributed by atoms with Gasteiger partial charge < -0.3 is 15.5 Å². The smallest absolute Gasteiger partial charge is 0.255 e. The molecule has 2 rings (SSSR count). The number of aryl methyl sites for hydroxylation is 2. The van der Waals surface area contributed by atoms with Gasteiger partial charge in [-0.25, -0.2) is 0 Å². The first kappa shape index (κ1) is 16.8. The van der Waals surface area contributed by atoms with Gasteiger partial charge in [-0.2, -0.15) is 0 Å². The van der Waals surface area contributed by atoms with Crippen molar-refractivity contribution in [1.29, 1.82) is 0 Å². The predicted molar refractivity (Wildman–Crippen MR) is 83.5 cm³/mol. The number of thiophene rings is 1. The van der Waals surface area contributed by atoms with Gasteiger partial charge in [0.25, 0.3) is 5.91 Å².